The van der Waals surface area contributed by atoms with Crippen LogP contribution in [0.3, 0.4) is 0 Å². The molecule has 0 unspecified atom stereocenters. The molecule has 10 heavy (non-hydrogen) atoms. The van der Waals surface area contributed by atoms with Gasteiger partial charge in [0.1, 0.15) is 0 Å². The van der Waals surface area contributed by atoms with Crippen molar-refractivity contribution in [2.45, 2.75) is 19.8 Å². The van der Waals surface area contributed by atoms with Crippen LogP contribution >= 0.6 is 0 Å². The molecule has 0 atom stereocenters. The van der Waals surface area contributed by atoms with Gasteiger partial charge in [-0.1, -0.05) is 24.3 Å². The van der Waals surface area contributed by atoms with Crippen molar-refractivity contribution in [1.82, 2.24) is 0 Å². The summed E-state index contributed by atoms with van der Waals surface area (Å²) in [4.78, 5) is 9.99. The van der Waals surface area contributed by atoms with E-state index in [2.05, 4.69) is 6.58 Å². The lowest BCUT2D eigenvalue weighted by molar-refractivity contribution is -0.136. The summed E-state index contributed by atoms with van der Waals surface area (Å²) in [5.41, 5.74) is 0.949. The van der Waals surface area contributed by atoms with Gasteiger partial charge in [0.25, 0.3) is 0 Å². The topological polar surface area (TPSA) is 37.3 Å². The lowest BCUT2D eigenvalue weighted by Crippen LogP contribution is -1.91. The molecule has 0 aromatic heterocycles. The van der Waals surface area contributed by atoms with Gasteiger partial charge >= 0.3 is 5.97 Å². The largest absolute Gasteiger partial charge is 0.481 e. The Morgan fingerprint density at radius 2 is 2.30 bits per heavy atom. The summed E-state index contributed by atoms with van der Waals surface area (Å²) in [6, 6.07) is 0. The van der Waals surface area contributed by atoms with Crippen LogP contribution in [0.1, 0.15) is 19.8 Å². The fraction of sp³-hybridized carbons (Fsp3) is 0.375. The third-order valence-electron chi connectivity index (χ3n) is 0.927. The van der Waals surface area contributed by atoms with Crippen LogP contribution in [0.2, 0.25) is 0 Å². The monoisotopic (exact) mass is 140 g/mol. The minimum Gasteiger partial charge on any atom is -0.481 e. The predicted molar refractivity (Wildman–Crippen MR) is 40.8 cm³/mol. The van der Waals surface area contributed by atoms with Crippen molar-refractivity contribution in [2.75, 3.05) is 0 Å². The Morgan fingerprint density at radius 3 is 2.70 bits per heavy atom. The molecule has 56 valence electrons. The van der Waals surface area contributed by atoms with Crippen LogP contribution in [0.5, 0.6) is 0 Å². The number of hydrogen-bond donors (Lipinski definition) is 1. The summed E-state index contributed by atoms with van der Waals surface area (Å²) in [5.74, 6) is -0.758. The molecule has 0 aromatic rings. The van der Waals surface area contributed by atoms with E-state index in [1.807, 2.05) is 19.1 Å². The van der Waals surface area contributed by atoms with Crippen LogP contribution in [0.4, 0.5) is 0 Å². The molecule has 2 nitrogen and oxygen atoms in total. The predicted octanol–water partition coefficient (Wildman–Crippen LogP) is 1.98. The van der Waals surface area contributed by atoms with E-state index in [4.69, 9.17) is 5.11 Å². The Bertz CT molecular complexity index is 157. The van der Waals surface area contributed by atoms with Gasteiger partial charge in [-0.2, -0.15) is 0 Å². The van der Waals surface area contributed by atoms with Crippen molar-refractivity contribution >= 4 is 5.97 Å². The molecule has 0 radical (unpaired) electrons. The highest BCUT2D eigenvalue weighted by atomic mass is 16.4. The molecule has 0 aromatic carbocycles. The molecule has 0 heterocycles. The first-order valence-corrected chi connectivity index (χ1v) is 3.17. The van der Waals surface area contributed by atoms with E-state index in [1.54, 1.807) is 0 Å². The first kappa shape index (κ1) is 8.95. The molecule has 0 fully saturated rings. The second kappa shape index (κ2) is 4.79. The summed E-state index contributed by atoms with van der Waals surface area (Å²) in [6.45, 7) is 5.51. The third kappa shape index (κ3) is 6.95. The molecule has 1 N–H and O–H groups in total. The molecular weight excluding hydrogens is 128 g/mol. The number of hydrogen-bond acceptors (Lipinski definition) is 1. The van der Waals surface area contributed by atoms with E-state index in [-0.39, 0.29) is 6.42 Å². The van der Waals surface area contributed by atoms with Gasteiger partial charge in [0.2, 0.25) is 0 Å². The Kier molecular flexibility index (Phi) is 4.29. The minimum atomic E-state index is -0.758. The number of aliphatic carboxylic acids is 1. The van der Waals surface area contributed by atoms with Gasteiger partial charge in [-0.25, -0.2) is 0 Å². The Balaban J connectivity index is 3.36. The number of carboxylic acid groups (broad SMARTS) is 1. The SMILES string of the molecule is C=C(C)/C=C\CCC(=O)O. The van der Waals surface area contributed by atoms with Gasteiger partial charge in [0.05, 0.1) is 0 Å². The normalized spacial score (nSPS) is 10.1. The maximum atomic E-state index is 9.99. The number of carbonyl (C=O) groups is 1. The van der Waals surface area contributed by atoms with Gasteiger partial charge in [0.15, 0.2) is 0 Å². The van der Waals surface area contributed by atoms with Crippen molar-refractivity contribution in [1.29, 1.82) is 0 Å². The van der Waals surface area contributed by atoms with E-state index in [9.17, 15) is 4.79 Å². The molecule has 2 heteroatoms. The molecule has 0 spiro atoms. The average molecular weight is 140 g/mol. The van der Waals surface area contributed by atoms with Crippen molar-refractivity contribution in [3.05, 3.63) is 24.3 Å². The Labute approximate surface area is 60.9 Å². The van der Waals surface area contributed by atoms with Crippen molar-refractivity contribution in [3.63, 3.8) is 0 Å². The molecule has 0 aliphatic heterocycles. The molecule has 0 bridgehead atoms. The van der Waals surface area contributed by atoms with Gasteiger partial charge in [-0.05, 0) is 13.3 Å². The van der Waals surface area contributed by atoms with E-state index >= 15 is 0 Å². The van der Waals surface area contributed by atoms with Gasteiger partial charge in [-0.15, -0.1) is 0 Å². The molecular formula is C8H12O2. The zero-order valence-corrected chi connectivity index (χ0v) is 6.13. The van der Waals surface area contributed by atoms with Crippen LogP contribution < -0.4 is 0 Å². The number of carboxylic acids is 1. The van der Waals surface area contributed by atoms with Crippen molar-refractivity contribution in [2.24, 2.45) is 0 Å². The number of allylic oxidation sites excluding steroid dienone is 3. The summed E-state index contributed by atoms with van der Waals surface area (Å²) in [6.07, 6.45) is 4.42. The zero-order chi connectivity index (χ0) is 7.98. The molecule has 0 aliphatic rings. The highest BCUT2D eigenvalue weighted by molar-refractivity contribution is 5.66. The lowest BCUT2D eigenvalue weighted by Gasteiger charge is -1.87. The van der Waals surface area contributed by atoms with Crippen LogP contribution in [0, 0.1) is 0 Å². The standard InChI is InChI=1S/C8H12O2/c1-7(2)5-3-4-6-8(9)10/h3,5H,1,4,6H2,2H3,(H,9,10)/b5-3-. The first-order valence-electron chi connectivity index (χ1n) is 3.17. The maximum absolute atomic E-state index is 9.99. The maximum Gasteiger partial charge on any atom is 0.303 e. The highest BCUT2D eigenvalue weighted by Crippen LogP contribution is 1.94. The fourth-order valence-corrected chi connectivity index (χ4v) is 0.491. The quantitative estimate of drug-likeness (QED) is 0.606. The molecule has 0 amide bonds. The molecule has 0 aliphatic carbocycles. The van der Waals surface area contributed by atoms with Crippen LogP contribution in [0.15, 0.2) is 24.3 Å². The summed E-state index contributed by atoms with van der Waals surface area (Å²) in [7, 11) is 0. The molecule has 0 saturated carbocycles. The van der Waals surface area contributed by atoms with Gasteiger partial charge < -0.3 is 5.11 Å². The van der Waals surface area contributed by atoms with E-state index in [0.717, 1.165) is 5.57 Å². The van der Waals surface area contributed by atoms with Crippen LogP contribution in [-0.2, 0) is 4.79 Å². The molecule has 0 rings (SSSR count). The Hall–Kier alpha value is -1.05. The summed E-state index contributed by atoms with van der Waals surface area (Å²) >= 11 is 0. The highest BCUT2D eigenvalue weighted by Gasteiger charge is 1.90. The zero-order valence-electron chi connectivity index (χ0n) is 6.13. The van der Waals surface area contributed by atoms with Crippen LogP contribution in [-0.4, -0.2) is 11.1 Å². The Morgan fingerprint density at radius 1 is 1.70 bits per heavy atom. The fourth-order valence-electron chi connectivity index (χ4n) is 0.491. The van der Waals surface area contributed by atoms with Gasteiger partial charge in [0, 0.05) is 6.42 Å². The minimum absolute atomic E-state index is 0.198. The third-order valence-corrected chi connectivity index (χ3v) is 0.927. The van der Waals surface area contributed by atoms with Crippen molar-refractivity contribution in [3.8, 4) is 0 Å². The van der Waals surface area contributed by atoms with Gasteiger partial charge in [-0.3, -0.25) is 4.79 Å². The first-order chi connectivity index (χ1) is 4.63. The van der Waals surface area contributed by atoms with E-state index in [1.165, 1.54) is 0 Å². The van der Waals surface area contributed by atoms with E-state index < -0.39 is 5.97 Å². The average Bonchev–Trinajstić information content (AvgIpc) is 1.79. The molecule has 0 saturated heterocycles. The lowest BCUT2D eigenvalue weighted by atomic mass is 10.2. The summed E-state index contributed by atoms with van der Waals surface area (Å²) < 4.78 is 0. The second-order valence-corrected chi connectivity index (χ2v) is 2.18. The van der Waals surface area contributed by atoms with Crippen molar-refractivity contribution < 1.29 is 9.90 Å². The van der Waals surface area contributed by atoms with E-state index in [0.29, 0.717) is 6.42 Å². The summed E-state index contributed by atoms with van der Waals surface area (Å²) in [5, 5.41) is 8.22. The number of rotatable bonds is 4. The second-order valence-electron chi connectivity index (χ2n) is 2.18. The van der Waals surface area contributed by atoms with Crippen LogP contribution in [0.25, 0.3) is 0 Å². The smallest absolute Gasteiger partial charge is 0.303 e.